The third-order valence-corrected chi connectivity index (χ3v) is 15.3. The van der Waals surface area contributed by atoms with Crippen molar-refractivity contribution in [1.82, 2.24) is 9.55 Å². The smallest absolute Gasteiger partial charge is 0.138 e. The molecule has 0 N–H and O–H groups in total. The quantitative estimate of drug-likeness (QED) is 0.0848. The Kier molecular flexibility index (Phi) is 22.4. The summed E-state index contributed by atoms with van der Waals surface area (Å²) in [4.78, 5) is 7.88. The summed E-state index contributed by atoms with van der Waals surface area (Å²) < 4.78 is 2.40. The summed E-state index contributed by atoms with van der Waals surface area (Å²) in [6, 6.07) is 44.6. The highest BCUT2D eigenvalue weighted by Gasteiger charge is 2.24. The summed E-state index contributed by atoms with van der Waals surface area (Å²) in [6.45, 7) is 28.3. The van der Waals surface area contributed by atoms with Gasteiger partial charge < -0.3 is 4.90 Å². The van der Waals surface area contributed by atoms with Crippen LogP contribution in [0.2, 0.25) is 0 Å². The van der Waals surface area contributed by atoms with Gasteiger partial charge in [0, 0.05) is 39.0 Å². The molecule has 0 saturated carbocycles. The van der Waals surface area contributed by atoms with Crippen LogP contribution in [-0.2, 0) is 0 Å². The van der Waals surface area contributed by atoms with Gasteiger partial charge in [-0.3, -0.25) is 4.57 Å². The number of fused-ring (bicyclic) bond motifs is 3. The topological polar surface area (TPSA) is 21.1 Å². The third-order valence-electron chi connectivity index (χ3n) is 15.3. The predicted molar refractivity (Wildman–Crippen MR) is 376 cm³/mol. The van der Waals surface area contributed by atoms with Gasteiger partial charge in [-0.15, -0.1) is 0 Å². The Bertz CT molecular complexity index is 3980. The van der Waals surface area contributed by atoms with Crippen LogP contribution in [-0.4, -0.2) is 9.55 Å². The van der Waals surface area contributed by atoms with Crippen molar-refractivity contribution >= 4 is 49.8 Å². The van der Waals surface area contributed by atoms with Crippen LogP contribution in [0.3, 0.4) is 0 Å². The van der Waals surface area contributed by atoms with Gasteiger partial charge in [0.05, 0.1) is 16.7 Å². The second kappa shape index (κ2) is 30.8. The molecule has 0 unspecified atom stereocenters. The van der Waals surface area contributed by atoms with Gasteiger partial charge >= 0.3 is 0 Å². The zero-order valence-corrected chi connectivity index (χ0v) is 51.7. The summed E-state index contributed by atoms with van der Waals surface area (Å²) in [7, 11) is 0. The Hall–Kier alpha value is -9.31. The van der Waals surface area contributed by atoms with Crippen LogP contribution < -0.4 is 4.90 Å². The standard InChI is InChI=1S/C78H73N3.2C2H6/c1-8-11-21-33-56(4)67-54-74(57(5)34-22-12-9-2)79-77(55-67)81-76-48-46-66(51-72(76)73-53-68(62-37-27-19-28-38-62)52-71(78(73)81)64-41-25-15-16-26-42-64)65-45-47-75(58(6)49-65)80(69-43-31-17-18-32-44-69)59(7)70(63-39-29-20-30-40-63)50-60(10-3)61-35-23-13-14-24-36-61;2*1-2/h9-13,15-17,19-23,25,27-35,37-55H,5,7-8,14,18,24,26,36H2,1-4,6H3;2*1-2H3/b12-9-,21-11-,34-22-,56-33+,60-10+,70-50+;;. The van der Waals surface area contributed by atoms with Gasteiger partial charge in [-0.2, -0.15) is 0 Å². The minimum Gasteiger partial charge on any atom is -0.310 e. The minimum absolute atomic E-state index is 0.823. The van der Waals surface area contributed by atoms with E-state index in [-0.39, 0.29) is 0 Å². The van der Waals surface area contributed by atoms with Gasteiger partial charge in [-0.05, 0) is 200 Å². The van der Waals surface area contributed by atoms with Crippen LogP contribution in [0.15, 0.2) is 291 Å². The number of rotatable bonds is 17. The lowest BCUT2D eigenvalue weighted by atomic mass is 9.93. The average molecular weight is 1110 g/mol. The summed E-state index contributed by atoms with van der Waals surface area (Å²) in [5, 5.41) is 2.30. The van der Waals surface area contributed by atoms with Crippen LogP contribution in [0.4, 0.5) is 5.69 Å². The van der Waals surface area contributed by atoms with Crippen molar-refractivity contribution in [3.8, 4) is 28.1 Å². The molecule has 10 rings (SSSR count). The molecule has 2 heterocycles. The van der Waals surface area contributed by atoms with Gasteiger partial charge in [0.25, 0.3) is 0 Å². The lowest BCUT2D eigenvalue weighted by Crippen LogP contribution is -2.22. The van der Waals surface area contributed by atoms with Crippen LogP contribution in [0.25, 0.3) is 72.2 Å². The molecule has 3 nitrogen and oxygen atoms in total. The number of aromatic nitrogens is 2. The van der Waals surface area contributed by atoms with E-state index in [1.54, 1.807) is 0 Å². The zero-order valence-electron chi connectivity index (χ0n) is 51.7. The lowest BCUT2D eigenvalue weighted by Gasteiger charge is -2.31. The molecule has 0 spiro atoms. The van der Waals surface area contributed by atoms with Gasteiger partial charge in [0.2, 0.25) is 0 Å². The molecule has 3 aliphatic carbocycles. The number of pyridine rings is 1. The van der Waals surface area contributed by atoms with Crippen molar-refractivity contribution in [3.05, 3.63) is 319 Å². The number of benzene rings is 5. The zero-order chi connectivity index (χ0) is 60.1. The summed E-state index contributed by atoms with van der Waals surface area (Å²) in [6.07, 6.45) is 54.1. The maximum Gasteiger partial charge on any atom is 0.138 e. The number of allylic oxidation sites excluding steroid dienone is 28. The molecule has 0 bridgehead atoms. The number of aryl methyl sites for hydroxylation is 1. The summed E-state index contributed by atoms with van der Waals surface area (Å²) in [5.74, 6) is 0.832. The molecule has 428 valence electrons. The first-order valence-corrected chi connectivity index (χ1v) is 30.7. The largest absolute Gasteiger partial charge is 0.310 e. The van der Waals surface area contributed by atoms with E-state index in [1.807, 2.05) is 58.9 Å². The lowest BCUT2D eigenvalue weighted by molar-refractivity contribution is 0.849. The van der Waals surface area contributed by atoms with Crippen molar-refractivity contribution in [2.45, 2.75) is 101 Å². The Labute approximate surface area is 509 Å². The van der Waals surface area contributed by atoms with E-state index in [2.05, 4.69) is 274 Å². The summed E-state index contributed by atoms with van der Waals surface area (Å²) in [5.41, 5.74) is 21.9. The fourth-order valence-electron chi connectivity index (χ4n) is 11.0. The first-order chi connectivity index (χ1) is 41.7. The second-order valence-corrected chi connectivity index (χ2v) is 20.9. The molecule has 0 saturated heterocycles. The third kappa shape index (κ3) is 14.7. The number of anilines is 1. The first-order valence-electron chi connectivity index (χ1n) is 30.7. The maximum atomic E-state index is 5.53. The predicted octanol–water partition coefficient (Wildman–Crippen LogP) is 23.7. The highest BCUT2D eigenvalue weighted by molar-refractivity contribution is 6.15. The van der Waals surface area contributed by atoms with E-state index in [0.717, 1.165) is 145 Å². The molecule has 0 amide bonds. The molecular formula is C82H85N3. The van der Waals surface area contributed by atoms with E-state index in [1.165, 1.54) is 22.3 Å². The summed E-state index contributed by atoms with van der Waals surface area (Å²) >= 11 is 0. The van der Waals surface area contributed by atoms with Crippen molar-refractivity contribution in [3.63, 3.8) is 0 Å². The normalized spacial score (nSPS) is 14.6. The van der Waals surface area contributed by atoms with Gasteiger partial charge in [0.15, 0.2) is 0 Å². The fraction of sp³-hybridized carbons (Fsp3) is 0.183. The molecule has 0 fully saturated rings. The molecular weight excluding hydrogens is 1030 g/mol. The highest BCUT2D eigenvalue weighted by atomic mass is 15.2. The monoisotopic (exact) mass is 1110 g/mol. The van der Waals surface area contributed by atoms with Gasteiger partial charge in [-0.25, -0.2) is 4.98 Å². The average Bonchev–Trinajstić information content (AvgIpc) is 1.79. The minimum atomic E-state index is 0.823. The van der Waals surface area contributed by atoms with Crippen LogP contribution >= 0.6 is 0 Å². The second-order valence-electron chi connectivity index (χ2n) is 20.9. The highest BCUT2D eigenvalue weighted by Crippen LogP contribution is 2.44. The maximum absolute atomic E-state index is 5.53. The Balaban J connectivity index is 0.00000230. The first kappa shape index (κ1) is 61.8. The van der Waals surface area contributed by atoms with Crippen molar-refractivity contribution in [2.24, 2.45) is 0 Å². The Morgan fingerprint density at radius 1 is 0.682 bits per heavy atom. The van der Waals surface area contributed by atoms with Gasteiger partial charge in [-0.1, -0.05) is 236 Å². The van der Waals surface area contributed by atoms with E-state index in [4.69, 9.17) is 11.6 Å². The van der Waals surface area contributed by atoms with Gasteiger partial charge in [0.1, 0.15) is 5.82 Å². The van der Waals surface area contributed by atoms with Crippen LogP contribution in [0.1, 0.15) is 122 Å². The molecule has 0 radical (unpaired) electrons. The molecule has 3 aliphatic rings. The van der Waals surface area contributed by atoms with E-state index >= 15 is 0 Å². The molecule has 7 aromatic rings. The molecule has 2 aromatic heterocycles. The van der Waals surface area contributed by atoms with E-state index in [9.17, 15) is 0 Å². The van der Waals surface area contributed by atoms with Crippen LogP contribution in [0, 0.1) is 6.92 Å². The molecule has 85 heavy (non-hydrogen) atoms. The molecule has 5 aromatic carbocycles. The molecule has 3 heteroatoms. The van der Waals surface area contributed by atoms with Crippen LogP contribution in [0.5, 0.6) is 0 Å². The fourth-order valence-corrected chi connectivity index (χ4v) is 11.0. The molecule has 0 aliphatic heterocycles. The Morgan fingerprint density at radius 2 is 1.42 bits per heavy atom. The van der Waals surface area contributed by atoms with E-state index in [0.29, 0.717) is 0 Å². The number of hydrogen-bond donors (Lipinski definition) is 0. The number of nitrogens with zero attached hydrogens (tertiary/aromatic N) is 3. The SMILES string of the molecule is C=C(/C=C\C=C/C)c1cc(/C(C)=C/C=C\CC)cc(-n2c3ccc(-c4ccc(N(C(=C)/C(=C\C(=C/C)C5=CC=CCCC5)c5ccccc5)C5=CC=CCC=C5)c(C)c4)cc3c3cc(-c4ccccc4)cc(C4=CCC=CC=C4)c32)n1.CC.CC. The van der Waals surface area contributed by atoms with Crippen molar-refractivity contribution in [2.75, 3.05) is 4.90 Å². The van der Waals surface area contributed by atoms with E-state index < -0.39 is 0 Å². The molecule has 0 atom stereocenters. The number of hydrogen-bond acceptors (Lipinski definition) is 2. The van der Waals surface area contributed by atoms with Crippen molar-refractivity contribution in [1.29, 1.82) is 0 Å². The van der Waals surface area contributed by atoms with Crippen molar-refractivity contribution < 1.29 is 0 Å². The Morgan fingerprint density at radius 3 is 2.19 bits per heavy atom.